The highest BCUT2D eigenvalue weighted by atomic mass is 19.1. The van der Waals surface area contributed by atoms with Gasteiger partial charge in [0.05, 0.1) is 18.2 Å². The van der Waals surface area contributed by atoms with Crippen LogP contribution in [-0.2, 0) is 4.74 Å². The lowest BCUT2D eigenvalue weighted by Crippen LogP contribution is -1.99. The maximum Gasteiger partial charge on any atom is 0.340 e. The summed E-state index contributed by atoms with van der Waals surface area (Å²) < 4.78 is 30.6. The fourth-order valence-electron chi connectivity index (χ4n) is 1.43. The summed E-state index contributed by atoms with van der Waals surface area (Å²) in [6.45, 7) is 0. The maximum absolute atomic E-state index is 13.2. The average molecular weight is 211 g/mol. The molecule has 0 fully saturated rings. The van der Waals surface area contributed by atoms with Crippen molar-refractivity contribution in [2.75, 3.05) is 7.11 Å². The van der Waals surface area contributed by atoms with Crippen LogP contribution in [0, 0.1) is 11.6 Å². The summed E-state index contributed by atoms with van der Waals surface area (Å²) in [5.41, 5.74) is 0.211. The van der Waals surface area contributed by atoms with Crippen LogP contribution in [0.25, 0.3) is 10.9 Å². The molecule has 2 aromatic rings. The highest BCUT2D eigenvalue weighted by Gasteiger charge is 2.15. The number of nitrogens with one attached hydrogen (secondary N) is 1. The standard InChI is InChI=1S/C10H7F2NO2/c1-15-10(14)7-4-13-9-6(7)2-5(11)3-8(9)12/h2-4,13H,1H3. The molecule has 1 aromatic heterocycles. The lowest BCUT2D eigenvalue weighted by molar-refractivity contribution is 0.0603. The molecule has 0 unspecified atom stereocenters. The van der Waals surface area contributed by atoms with Crippen molar-refractivity contribution < 1.29 is 18.3 Å². The van der Waals surface area contributed by atoms with E-state index in [1.54, 1.807) is 0 Å². The molecular formula is C10H7F2NO2. The van der Waals surface area contributed by atoms with Crippen LogP contribution < -0.4 is 0 Å². The summed E-state index contributed by atoms with van der Waals surface area (Å²) >= 11 is 0. The predicted molar refractivity (Wildman–Crippen MR) is 49.6 cm³/mol. The van der Waals surface area contributed by atoms with Gasteiger partial charge in [-0.2, -0.15) is 0 Å². The van der Waals surface area contributed by atoms with E-state index in [0.717, 1.165) is 12.1 Å². The Morgan fingerprint density at radius 3 is 2.80 bits per heavy atom. The molecule has 78 valence electrons. The molecule has 0 aliphatic heterocycles. The van der Waals surface area contributed by atoms with Gasteiger partial charge in [-0.1, -0.05) is 0 Å². The SMILES string of the molecule is COC(=O)c1c[nH]c2c(F)cc(F)cc12. The van der Waals surface area contributed by atoms with Crippen molar-refractivity contribution in [3.8, 4) is 0 Å². The van der Waals surface area contributed by atoms with Crippen molar-refractivity contribution in [2.45, 2.75) is 0 Å². The zero-order valence-electron chi connectivity index (χ0n) is 7.80. The second-order valence-corrected chi connectivity index (χ2v) is 3.00. The Kier molecular flexibility index (Phi) is 2.15. The number of hydrogen-bond donors (Lipinski definition) is 1. The number of aromatic nitrogens is 1. The van der Waals surface area contributed by atoms with E-state index in [0.29, 0.717) is 0 Å². The van der Waals surface area contributed by atoms with Crippen LogP contribution in [0.5, 0.6) is 0 Å². The zero-order valence-corrected chi connectivity index (χ0v) is 7.80. The number of rotatable bonds is 1. The number of esters is 1. The van der Waals surface area contributed by atoms with Crippen molar-refractivity contribution in [3.63, 3.8) is 0 Å². The number of carbonyl (C=O) groups excluding carboxylic acids is 1. The first-order valence-electron chi connectivity index (χ1n) is 4.18. The topological polar surface area (TPSA) is 42.1 Å². The third-order valence-electron chi connectivity index (χ3n) is 2.11. The Morgan fingerprint density at radius 2 is 2.13 bits per heavy atom. The molecule has 1 aromatic carbocycles. The molecule has 15 heavy (non-hydrogen) atoms. The third kappa shape index (κ3) is 1.45. The van der Waals surface area contributed by atoms with E-state index >= 15 is 0 Å². The zero-order chi connectivity index (χ0) is 11.0. The summed E-state index contributed by atoms with van der Waals surface area (Å²) in [4.78, 5) is 13.8. The summed E-state index contributed by atoms with van der Waals surface area (Å²) in [5, 5.41) is 0.180. The molecule has 0 atom stereocenters. The molecule has 0 spiro atoms. The monoisotopic (exact) mass is 211 g/mol. The summed E-state index contributed by atoms with van der Waals surface area (Å²) in [6.07, 6.45) is 1.29. The normalized spacial score (nSPS) is 10.6. The van der Waals surface area contributed by atoms with Crippen molar-refractivity contribution in [2.24, 2.45) is 0 Å². The van der Waals surface area contributed by atoms with Crippen molar-refractivity contribution in [1.29, 1.82) is 0 Å². The molecule has 0 saturated heterocycles. The van der Waals surface area contributed by atoms with Gasteiger partial charge in [-0.15, -0.1) is 0 Å². The molecule has 5 heteroatoms. The number of ether oxygens (including phenoxy) is 1. The Balaban J connectivity index is 2.74. The second kappa shape index (κ2) is 3.34. The van der Waals surface area contributed by atoms with E-state index in [2.05, 4.69) is 9.72 Å². The minimum atomic E-state index is -0.736. The van der Waals surface area contributed by atoms with Gasteiger partial charge in [-0.25, -0.2) is 13.6 Å². The van der Waals surface area contributed by atoms with Crippen LogP contribution in [-0.4, -0.2) is 18.1 Å². The number of halogens is 2. The number of methoxy groups -OCH3 is 1. The summed E-state index contributed by atoms with van der Waals surface area (Å²) in [5.74, 6) is -2.10. The van der Waals surface area contributed by atoms with Gasteiger partial charge in [-0.3, -0.25) is 0 Å². The largest absolute Gasteiger partial charge is 0.465 e. The first-order chi connectivity index (χ1) is 7.13. The van der Waals surface area contributed by atoms with E-state index in [4.69, 9.17) is 0 Å². The van der Waals surface area contributed by atoms with Crippen LogP contribution in [0.4, 0.5) is 8.78 Å². The Bertz CT molecular complexity index is 533. The third-order valence-corrected chi connectivity index (χ3v) is 2.11. The number of benzene rings is 1. The minimum Gasteiger partial charge on any atom is -0.465 e. The number of carbonyl (C=O) groups is 1. The number of hydrogen-bond acceptors (Lipinski definition) is 2. The average Bonchev–Trinajstić information content (AvgIpc) is 2.60. The molecule has 0 amide bonds. The Morgan fingerprint density at radius 1 is 1.40 bits per heavy atom. The molecule has 0 saturated carbocycles. The predicted octanol–water partition coefficient (Wildman–Crippen LogP) is 2.23. The van der Waals surface area contributed by atoms with E-state index in [-0.39, 0.29) is 16.5 Å². The van der Waals surface area contributed by atoms with Gasteiger partial charge in [0.2, 0.25) is 0 Å². The Labute approximate surface area is 83.7 Å². The highest BCUT2D eigenvalue weighted by Crippen LogP contribution is 2.22. The first kappa shape index (κ1) is 9.64. The summed E-state index contributed by atoms with van der Waals surface area (Å²) in [7, 11) is 1.21. The lowest BCUT2D eigenvalue weighted by Gasteiger charge is -1.97. The van der Waals surface area contributed by atoms with Crippen LogP contribution in [0.3, 0.4) is 0 Å². The van der Waals surface area contributed by atoms with Gasteiger partial charge in [-0.05, 0) is 6.07 Å². The fraction of sp³-hybridized carbons (Fsp3) is 0.100. The van der Waals surface area contributed by atoms with Gasteiger partial charge in [0.25, 0.3) is 0 Å². The lowest BCUT2D eigenvalue weighted by atomic mass is 10.1. The van der Waals surface area contributed by atoms with Gasteiger partial charge in [0, 0.05) is 17.6 Å². The molecule has 1 heterocycles. The van der Waals surface area contributed by atoms with E-state index in [1.807, 2.05) is 0 Å². The van der Waals surface area contributed by atoms with Crippen molar-refractivity contribution in [1.82, 2.24) is 4.98 Å². The number of aromatic amines is 1. The molecule has 2 rings (SSSR count). The van der Waals surface area contributed by atoms with Crippen LogP contribution >= 0.6 is 0 Å². The van der Waals surface area contributed by atoms with Crippen LogP contribution in [0.2, 0.25) is 0 Å². The van der Waals surface area contributed by atoms with Crippen LogP contribution in [0.15, 0.2) is 18.3 Å². The molecule has 0 bridgehead atoms. The second-order valence-electron chi connectivity index (χ2n) is 3.00. The van der Waals surface area contributed by atoms with E-state index in [1.165, 1.54) is 13.3 Å². The fourth-order valence-corrected chi connectivity index (χ4v) is 1.43. The maximum atomic E-state index is 13.2. The highest BCUT2D eigenvalue weighted by molar-refractivity contribution is 6.04. The van der Waals surface area contributed by atoms with E-state index in [9.17, 15) is 13.6 Å². The minimum absolute atomic E-state index is 0.0943. The molecule has 0 radical (unpaired) electrons. The van der Waals surface area contributed by atoms with Gasteiger partial charge in [0.15, 0.2) is 0 Å². The van der Waals surface area contributed by atoms with Gasteiger partial charge >= 0.3 is 5.97 Å². The number of fused-ring (bicyclic) bond motifs is 1. The van der Waals surface area contributed by atoms with Crippen molar-refractivity contribution >= 4 is 16.9 Å². The van der Waals surface area contributed by atoms with Crippen molar-refractivity contribution in [3.05, 3.63) is 35.5 Å². The van der Waals surface area contributed by atoms with E-state index < -0.39 is 17.6 Å². The Hall–Kier alpha value is -1.91. The van der Waals surface area contributed by atoms with Gasteiger partial charge < -0.3 is 9.72 Å². The summed E-state index contributed by atoms with van der Waals surface area (Å²) in [6, 6.07) is 1.83. The molecule has 0 aliphatic rings. The number of H-pyrrole nitrogens is 1. The molecular weight excluding hydrogens is 204 g/mol. The van der Waals surface area contributed by atoms with Gasteiger partial charge in [0.1, 0.15) is 11.6 Å². The molecule has 0 aliphatic carbocycles. The van der Waals surface area contributed by atoms with Crippen LogP contribution in [0.1, 0.15) is 10.4 Å². The molecule has 1 N–H and O–H groups in total. The smallest absolute Gasteiger partial charge is 0.340 e. The quantitative estimate of drug-likeness (QED) is 0.735. The first-order valence-corrected chi connectivity index (χ1v) is 4.18. The molecule has 3 nitrogen and oxygen atoms in total.